The molecular formula is C31H31N3O4S. The van der Waals surface area contributed by atoms with Crippen molar-refractivity contribution >= 4 is 38.9 Å². The first-order chi connectivity index (χ1) is 18.4. The van der Waals surface area contributed by atoms with Crippen molar-refractivity contribution in [1.82, 2.24) is 0 Å². The van der Waals surface area contributed by atoms with Gasteiger partial charge in [0.25, 0.3) is 21.8 Å². The normalized spacial score (nSPS) is 11.5. The Balaban J connectivity index is 1.42. The molecule has 8 heteroatoms. The van der Waals surface area contributed by atoms with E-state index in [0.29, 0.717) is 33.8 Å². The third kappa shape index (κ3) is 6.91. The van der Waals surface area contributed by atoms with Crippen molar-refractivity contribution in [3.63, 3.8) is 0 Å². The second kappa shape index (κ2) is 11.1. The number of rotatable bonds is 7. The van der Waals surface area contributed by atoms with Gasteiger partial charge in [-0.2, -0.15) is 0 Å². The summed E-state index contributed by atoms with van der Waals surface area (Å²) < 4.78 is 27.9. The fraction of sp³-hybridized carbons (Fsp3) is 0.161. The van der Waals surface area contributed by atoms with Crippen LogP contribution in [-0.4, -0.2) is 20.2 Å². The van der Waals surface area contributed by atoms with Gasteiger partial charge < -0.3 is 10.6 Å². The van der Waals surface area contributed by atoms with Gasteiger partial charge in [0.05, 0.1) is 10.6 Å². The third-order valence-corrected chi connectivity index (χ3v) is 7.56. The lowest BCUT2D eigenvalue weighted by molar-refractivity contribution is 0.101. The maximum atomic E-state index is 12.9. The monoisotopic (exact) mass is 541 g/mol. The zero-order valence-corrected chi connectivity index (χ0v) is 23.1. The number of carbonyl (C=O) groups excluding carboxylic acids is 2. The van der Waals surface area contributed by atoms with Gasteiger partial charge in [-0.15, -0.1) is 0 Å². The van der Waals surface area contributed by atoms with Crippen LogP contribution < -0.4 is 15.4 Å². The van der Waals surface area contributed by atoms with E-state index in [1.807, 2.05) is 12.1 Å². The SMILES string of the molecule is Cc1cc(C(=O)Nc2cccc(NC(=O)c3ccc(C(C)(C)C)cc3)c2)ccc1NS(=O)(=O)c1ccccc1. The largest absolute Gasteiger partial charge is 0.322 e. The van der Waals surface area contributed by atoms with E-state index in [0.717, 1.165) is 5.56 Å². The molecule has 0 heterocycles. The molecule has 4 aromatic rings. The first-order valence-electron chi connectivity index (χ1n) is 12.4. The average molecular weight is 542 g/mol. The van der Waals surface area contributed by atoms with Crippen LogP contribution in [0.5, 0.6) is 0 Å². The van der Waals surface area contributed by atoms with Crippen molar-refractivity contribution in [3.05, 3.63) is 119 Å². The highest BCUT2D eigenvalue weighted by Gasteiger charge is 2.17. The van der Waals surface area contributed by atoms with E-state index >= 15 is 0 Å². The molecule has 0 aliphatic heterocycles. The van der Waals surface area contributed by atoms with Crippen molar-refractivity contribution in [1.29, 1.82) is 0 Å². The number of benzene rings is 4. The van der Waals surface area contributed by atoms with E-state index in [4.69, 9.17) is 0 Å². The number of anilines is 3. The molecule has 0 atom stereocenters. The minimum Gasteiger partial charge on any atom is -0.322 e. The van der Waals surface area contributed by atoms with E-state index in [9.17, 15) is 18.0 Å². The zero-order chi connectivity index (χ0) is 28.2. The Hall–Kier alpha value is -4.43. The van der Waals surface area contributed by atoms with Gasteiger partial charge in [0.1, 0.15) is 0 Å². The highest BCUT2D eigenvalue weighted by Crippen LogP contribution is 2.24. The maximum absolute atomic E-state index is 12.9. The summed E-state index contributed by atoms with van der Waals surface area (Å²) in [6.07, 6.45) is 0. The lowest BCUT2D eigenvalue weighted by Crippen LogP contribution is -2.16. The van der Waals surface area contributed by atoms with Gasteiger partial charge >= 0.3 is 0 Å². The molecule has 0 unspecified atom stereocenters. The van der Waals surface area contributed by atoms with Crippen molar-refractivity contribution in [2.45, 2.75) is 38.0 Å². The van der Waals surface area contributed by atoms with E-state index in [1.165, 1.54) is 12.1 Å². The maximum Gasteiger partial charge on any atom is 0.261 e. The molecule has 39 heavy (non-hydrogen) atoms. The number of hydrogen-bond acceptors (Lipinski definition) is 4. The van der Waals surface area contributed by atoms with Gasteiger partial charge in [-0.05, 0) is 84.1 Å². The summed E-state index contributed by atoms with van der Waals surface area (Å²) in [7, 11) is -3.75. The molecule has 0 aliphatic carbocycles. The predicted octanol–water partition coefficient (Wildman–Crippen LogP) is 6.60. The summed E-state index contributed by atoms with van der Waals surface area (Å²) in [4.78, 5) is 25.8. The highest BCUT2D eigenvalue weighted by molar-refractivity contribution is 7.92. The molecule has 200 valence electrons. The van der Waals surface area contributed by atoms with Crippen LogP contribution >= 0.6 is 0 Å². The number of carbonyl (C=O) groups is 2. The minimum atomic E-state index is -3.75. The van der Waals surface area contributed by atoms with Crippen LogP contribution in [0.3, 0.4) is 0 Å². The van der Waals surface area contributed by atoms with Gasteiger partial charge in [-0.3, -0.25) is 14.3 Å². The molecule has 0 aliphatic rings. The Morgan fingerprint density at radius 3 is 1.79 bits per heavy atom. The fourth-order valence-electron chi connectivity index (χ4n) is 3.93. The van der Waals surface area contributed by atoms with Crippen LogP contribution in [-0.2, 0) is 15.4 Å². The molecule has 3 N–H and O–H groups in total. The van der Waals surface area contributed by atoms with Crippen LogP contribution in [0.25, 0.3) is 0 Å². The smallest absolute Gasteiger partial charge is 0.261 e. The average Bonchev–Trinajstić information content (AvgIpc) is 2.90. The Morgan fingerprint density at radius 2 is 1.23 bits per heavy atom. The van der Waals surface area contributed by atoms with Gasteiger partial charge in [0, 0.05) is 22.5 Å². The molecular weight excluding hydrogens is 510 g/mol. The molecule has 2 amide bonds. The third-order valence-electron chi connectivity index (χ3n) is 6.18. The van der Waals surface area contributed by atoms with E-state index in [1.54, 1.807) is 79.7 Å². The quantitative estimate of drug-likeness (QED) is 0.245. The van der Waals surface area contributed by atoms with Gasteiger partial charge in [-0.25, -0.2) is 8.42 Å². The molecule has 4 aromatic carbocycles. The van der Waals surface area contributed by atoms with Crippen LogP contribution in [0.2, 0.25) is 0 Å². The first kappa shape index (κ1) is 27.6. The number of amides is 2. The molecule has 0 radical (unpaired) electrons. The van der Waals surface area contributed by atoms with E-state index in [-0.39, 0.29) is 22.1 Å². The van der Waals surface area contributed by atoms with Crippen LogP contribution in [0.1, 0.15) is 52.6 Å². The van der Waals surface area contributed by atoms with Crippen molar-refractivity contribution in [3.8, 4) is 0 Å². The van der Waals surface area contributed by atoms with Crippen LogP contribution in [0, 0.1) is 6.92 Å². The first-order valence-corrected chi connectivity index (χ1v) is 13.9. The molecule has 0 saturated heterocycles. The minimum absolute atomic E-state index is 0.00319. The van der Waals surface area contributed by atoms with Crippen molar-refractivity contribution < 1.29 is 18.0 Å². The number of hydrogen-bond donors (Lipinski definition) is 3. The lowest BCUT2D eigenvalue weighted by Gasteiger charge is -2.19. The van der Waals surface area contributed by atoms with Crippen LogP contribution in [0.4, 0.5) is 17.1 Å². The van der Waals surface area contributed by atoms with Crippen LogP contribution in [0.15, 0.2) is 102 Å². The molecule has 7 nitrogen and oxygen atoms in total. The Morgan fingerprint density at radius 1 is 0.667 bits per heavy atom. The van der Waals surface area contributed by atoms with Gasteiger partial charge in [0.15, 0.2) is 0 Å². The van der Waals surface area contributed by atoms with Gasteiger partial charge in [-0.1, -0.05) is 57.2 Å². The molecule has 0 aromatic heterocycles. The predicted molar refractivity (Wildman–Crippen MR) is 156 cm³/mol. The molecule has 0 saturated carbocycles. The zero-order valence-electron chi connectivity index (χ0n) is 22.3. The molecule has 0 spiro atoms. The number of aryl methyl sites for hydroxylation is 1. The molecule has 4 rings (SSSR count). The standard InChI is InChI=1S/C31H31N3O4S/c1-21-19-23(15-18-28(21)34-39(37,38)27-11-6-5-7-12-27)30(36)33-26-10-8-9-25(20-26)32-29(35)22-13-16-24(17-14-22)31(2,3)4/h5-20,34H,1-4H3,(H,32,35)(H,33,36). The molecule has 0 bridgehead atoms. The van der Waals surface area contributed by atoms with Crippen molar-refractivity contribution in [2.75, 3.05) is 15.4 Å². The van der Waals surface area contributed by atoms with E-state index in [2.05, 4.69) is 36.1 Å². The van der Waals surface area contributed by atoms with Crippen molar-refractivity contribution in [2.24, 2.45) is 0 Å². The Kier molecular flexibility index (Phi) is 7.88. The number of nitrogens with one attached hydrogen (secondary N) is 3. The summed E-state index contributed by atoms with van der Waals surface area (Å²) >= 11 is 0. The fourth-order valence-corrected chi connectivity index (χ4v) is 5.08. The van der Waals surface area contributed by atoms with Gasteiger partial charge in [0.2, 0.25) is 0 Å². The second-order valence-electron chi connectivity index (χ2n) is 10.3. The second-order valence-corrected chi connectivity index (χ2v) is 11.9. The summed E-state index contributed by atoms with van der Waals surface area (Å²) in [6.45, 7) is 8.07. The Bertz CT molecular complexity index is 1610. The summed E-state index contributed by atoms with van der Waals surface area (Å²) in [5.41, 5.74) is 4.07. The van der Waals surface area contributed by atoms with E-state index < -0.39 is 10.0 Å². The topological polar surface area (TPSA) is 104 Å². The highest BCUT2D eigenvalue weighted by atomic mass is 32.2. The Labute approximate surface area is 229 Å². The molecule has 0 fully saturated rings. The summed E-state index contributed by atoms with van der Waals surface area (Å²) in [5.74, 6) is -0.611. The lowest BCUT2D eigenvalue weighted by atomic mass is 9.87. The summed E-state index contributed by atoms with van der Waals surface area (Å²) in [6, 6.07) is 27.2. The summed E-state index contributed by atoms with van der Waals surface area (Å²) in [5, 5.41) is 5.69. The number of sulfonamides is 1.